The second kappa shape index (κ2) is 4.20. The van der Waals surface area contributed by atoms with Crippen LogP contribution in [0.1, 0.15) is 5.56 Å². The Morgan fingerprint density at radius 1 is 1.53 bits per heavy atom. The van der Waals surface area contributed by atoms with Gasteiger partial charge in [0, 0.05) is 23.5 Å². The molecule has 2 rings (SSSR count). The number of hydrogen-bond acceptors (Lipinski definition) is 4. The zero-order valence-corrected chi connectivity index (χ0v) is 9.43. The second-order valence-corrected chi connectivity index (χ2v) is 3.95. The SMILES string of the molecule is COC(=O)C(N)(O)Cc1c[nH]c2ccccc12. The Hall–Kier alpha value is -1.85. The highest BCUT2D eigenvalue weighted by Gasteiger charge is 2.33. The highest BCUT2D eigenvalue weighted by molar-refractivity contribution is 5.85. The number of aliphatic hydroxyl groups is 1. The van der Waals surface area contributed by atoms with Crippen molar-refractivity contribution in [3.63, 3.8) is 0 Å². The monoisotopic (exact) mass is 234 g/mol. The molecule has 0 saturated carbocycles. The van der Waals surface area contributed by atoms with Crippen LogP contribution in [0.25, 0.3) is 10.9 Å². The first kappa shape index (κ1) is 11.6. The molecule has 0 amide bonds. The molecule has 0 radical (unpaired) electrons. The molecule has 1 aromatic carbocycles. The van der Waals surface area contributed by atoms with E-state index in [4.69, 9.17) is 5.73 Å². The molecule has 5 heteroatoms. The van der Waals surface area contributed by atoms with Crippen LogP contribution in [-0.4, -0.2) is 28.9 Å². The standard InChI is InChI=1S/C12H14N2O3/c1-17-11(15)12(13,16)6-8-7-14-10-5-3-2-4-9(8)10/h2-5,7,14,16H,6,13H2,1H3. The van der Waals surface area contributed by atoms with Crippen LogP contribution in [0.4, 0.5) is 0 Å². The third-order valence-electron chi connectivity index (χ3n) is 2.67. The van der Waals surface area contributed by atoms with Gasteiger partial charge in [0.1, 0.15) is 0 Å². The minimum absolute atomic E-state index is 0.00366. The van der Waals surface area contributed by atoms with Gasteiger partial charge in [0.2, 0.25) is 5.72 Å². The maximum atomic E-state index is 11.3. The molecular formula is C12H14N2O3. The van der Waals surface area contributed by atoms with Gasteiger partial charge < -0.3 is 14.8 Å². The Morgan fingerprint density at radius 2 is 2.24 bits per heavy atom. The topological polar surface area (TPSA) is 88.3 Å². The van der Waals surface area contributed by atoms with Crippen LogP contribution >= 0.6 is 0 Å². The average Bonchev–Trinajstić information content (AvgIpc) is 2.71. The number of H-pyrrole nitrogens is 1. The van der Waals surface area contributed by atoms with E-state index in [1.54, 1.807) is 6.20 Å². The van der Waals surface area contributed by atoms with Gasteiger partial charge in [-0.05, 0) is 11.6 Å². The molecule has 17 heavy (non-hydrogen) atoms. The van der Waals surface area contributed by atoms with E-state index in [0.717, 1.165) is 16.5 Å². The van der Waals surface area contributed by atoms with E-state index in [0.29, 0.717) is 0 Å². The lowest BCUT2D eigenvalue weighted by Gasteiger charge is -2.19. The van der Waals surface area contributed by atoms with Crippen LogP contribution in [0.2, 0.25) is 0 Å². The number of fused-ring (bicyclic) bond motifs is 1. The Bertz CT molecular complexity index is 545. The Labute approximate surface area is 98.2 Å². The van der Waals surface area contributed by atoms with Crippen molar-refractivity contribution in [2.24, 2.45) is 5.73 Å². The van der Waals surface area contributed by atoms with Gasteiger partial charge in [-0.3, -0.25) is 5.73 Å². The molecule has 0 aliphatic carbocycles. The molecule has 1 atom stereocenters. The van der Waals surface area contributed by atoms with Crippen molar-refractivity contribution in [3.05, 3.63) is 36.0 Å². The lowest BCUT2D eigenvalue weighted by Crippen LogP contribution is -2.50. The predicted molar refractivity (Wildman–Crippen MR) is 63.2 cm³/mol. The van der Waals surface area contributed by atoms with Crippen molar-refractivity contribution < 1.29 is 14.6 Å². The molecule has 0 aliphatic heterocycles. The normalized spacial score (nSPS) is 14.5. The third-order valence-corrected chi connectivity index (χ3v) is 2.67. The molecule has 0 spiro atoms. The summed E-state index contributed by atoms with van der Waals surface area (Å²) in [6.07, 6.45) is 1.73. The molecule has 2 aromatic rings. The molecule has 4 N–H and O–H groups in total. The summed E-state index contributed by atoms with van der Waals surface area (Å²) in [5.41, 5.74) is 5.23. The summed E-state index contributed by atoms with van der Waals surface area (Å²) in [7, 11) is 1.19. The number of para-hydroxylation sites is 1. The van der Waals surface area contributed by atoms with Gasteiger partial charge in [0.25, 0.3) is 0 Å². The van der Waals surface area contributed by atoms with Gasteiger partial charge in [0.15, 0.2) is 0 Å². The van der Waals surface area contributed by atoms with Crippen molar-refractivity contribution in [1.29, 1.82) is 0 Å². The van der Waals surface area contributed by atoms with E-state index >= 15 is 0 Å². The number of nitrogens with two attached hydrogens (primary N) is 1. The highest BCUT2D eigenvalue weighted by atomic mass is 16.5. The van der Waals surface area contributed by atoms with Crippen LogP contribution in [0, 0.1) is 0 Å². The van der Waals surface area contributed by atoms with Gasteiger partial charge in [-0.2, -0.15) is 0 Å². The number of rotatable bonds is 3. The summed E-state index contributed by atoms with van der Waals surface area (Å²) in [5.74, 6) is -0.845. The molecule has 0 saturated heterocycles. The Balaban J connectivity index is 2.33. The smallest absolute Gasteiger partial charge is 0.353 e. The summed E-state index contributed by atoms with van der Waals surface area (Å²) < 4.78 is 4.45. The summed E-state index contributed by atoms with van der Waals surface area (Å²) in [6.45, 7) is 0. The van der Waals surface area contributed by atoms with Crippen molar-refractivity contribution >= 4 is 16.9 Å². The van der Waals surface area contributed by atoms with Crippen molar-refractivity contribution in [3.8, 4) is 0 Å². The average molecular weight is 234 g/mol. The minimum Gasteiger partial charge on any atom is -0.466 e. The van der Waals surface area contributed by atoms with E-state index in [-0.39, 0.29) is 6.42 Å². The van der Waals surface area contributed by atoms with E-state index in [1.807, 2.05) is 24.3 Å². The summed E-state index contributed by atoms with van der Waals surface area (Å²) >= 11 is 0. The fourth-order valence-corrected chi connectivity index (χ4v) is 1.82. The summed E-state index contributed by atoms with van der Waals surface area (Å²) in [5, 5.41) is 10.7. The summed E-state index contributed by atoms with van der Waals surface area (Å²) in [4.78, 5) is 14.3. The van der Waals surface area contributed by atoms with Crippen molar-refractivity contribution in [2.45, 2.75) is 12.1 Å². The van der Waals surface area contributed by atoms with Gasteiger partial charge in [-0.25, -0.2) is 4.79 Å². The molecule has 1 unspecified atom stereocenters. The minimum atomic E-state index is -2.00. The van der Waals surface area contributed by atoms with E-state index < -0.39 is 11.7 Å². The number of aromatic nitrogens is 1. The molecule has 5 nitrogen and oxygen atoms in total. The fraction of sp³-hybridized carbons (Fsp3) is 0.250. The number of methoxy groups -OCH3 is 1. The fourth-order valence-electron chi connectivity index (χ4n) is 1.82. The number of nitrogens with one attached hydrogen (secondary N) is 1. The Kier molecular flexibility index (Phi) is 2.87. The quantitative estimate of drug-likeness (QED) is 0.534. The number of hydrogen-bond donors (Lipinski definition) is 3. The number of aromatic amines is 1. The number of benzene rings is 1. The molecule has 1 aromatic heterocycles. The zero-order chi connectivity index (χ0) is 12.5. The maximum Gasteiger partial charge on any atom is 0.353 e. The van der Waals surface area contributed by atoms with Gasteiger partial charge in [-0.15, -0.1) is 0 Å². The number of esters is 1. The van der Waals surface area contributed by atoms with Gasteiger partial charge in [-0.1, -0.05) is 18.2 Å². The first-order valence-electron chi connectivity index (χ1n) is 5.19. The van der Waals surface area contributed by atoms with Crippen LogP contribution in [0.15, 0.2) is 30.5 Å². The van der Waals surface area contributed by atoms with Crippen LogP contribution in [-0.2, 0) is 16.0 Å². The number of carbonyl (C=O) groups excluding carboxylic acids is 1. The van der Waals surface area contributed by atoms with Gasteiger partial charge in [0.05, 0.1) is 7.11 Å². The highest BCUT2D eigenvalue weighted by Crippen LogP contribution is 2.21. The molecule has 0 fully saturated rings. The Morgan fingerprint density at radius 3 is 2.94 bits per heavy atom. The zero-order valence-electron chi connectivity index (χ0n) is 9.43. The van der Waals surface area contributed by atoms with Crippen LogP contribution in [0.5, 0.6) is 0 Å². The predicted octanol–water partition coefficient (Wildman–Crippen LogP) is 0.531. The third kappa shape index (κ3) is 2.15. The van der Waals surface area contributed by atoms with Crippen LogP contribution < -0.4 is 5.73 Å². The van der Waals surface area contributed by atoms with E-state index in [9.17, 15) is 9.90 Å². The number of carbonyl (C=O) groups is 1. The van der Waals surface area contributed by atoms with E-state index in [1.165, 1.54) is 7.11 Å². The lowest BCUT2D eigenvalue weighted by atomic mass is 10.0. The molecular weight excluding hydrogens is 220 g/mol. The first-order valence-corrected chi connectivity index (χ1v) is 5.19. The second-order valence-electron chi connectivity index (χ2n) is 3.95. The van der Waals surface area contributed by atoms with Crippen molar-refractivity contribution in [2.75, 3.05) is 7.11 Å². The largest absolute Gasteiger partial charge is 0.466 e. The maximum absolute atomic E-state index is 11.3. The molecule has 0 bridgehead atoms. The number of ether oxygens (including phenoxy) is 1. The summed E-state index contributed by atoms with van der Waals surface area (Å²) in [6, 6.07) is 7.59. The van der Waals surface area contributed by atoms with Gasteiger partial charge >= 0.3 is 5.97 Å². The van der Waals surface area contributed by atoms with E-state index in [2.05, 4.69) is 9.72 Å². The molecule has 1 heterocycles. The lowest BCUT2D eigenvalue weighted by molar-refractivity contribution is -0.161. The first-order chi connectivity index (χ1) is 8.04. The molecule has 0 aliphatic rings. The van der Waals surface area contributed by atoms with Crippen molar-refractivity contribution in [1.82, 2.24) is 4.98 Å². The van der Waals surface area contributed by atoms with Crippen LogP contribution in [0.3, 0.4) is 0 Å². The molecule has 90 valence electrons.